The lowest BCUT2D eigenvalue weighted by atomic mass is 9.96. The van der Waals surface area contributed by atoms with Crippen LogP contribution in [0.15, 0.2) is 54.6 Å². The number of hydrogen-bond donors (Lipinski definition) is 1. The molecule has 0 spiro atoms. The van der Waals surface area contributed by atoms with Gasteiger partial charge in [0.2, 0.25) is 0 Å². The standard InChI is InChI=1S/C21H23F2NO4/c1-3-15(16-7-5-4-6-8-16)13-24-19(25)14(2)27-20(26)17-9-11-18(12-10-17)28-21(22)23/h4-12,14-15,21H,3,13H2,1-2H3,(H,24,25)/t14-,15+/m1/s1. The van der Waals surface area contributed by atoms with Crippen molar-refractivity contribution in [1.82, 2.24) is 5.32 Å². The van der Waals surface area contributed by atoms with E-state index in [4.69, 9.17) is 4.74 Å². The molecular weight excluding hydrogens is 368 g/mol. The Bertz CT molecular complexity index is 766. The van der Waals surface area contributed by atoms with Gasteiger partial charge in [-0.3, -0.25) is 4.79 Å². The first-order chi connectivity index (χ1) is 13.4. The van der Waals surface area contributed by atoms with Crippen molar-refractivity contribution in [1.29, 1.82) is 0 Å². The molecule has 0 aliphatic heterocycles. The van der Waals surface area contributed by atoms with Crippen LogP contribution in [-0.4, -0.2) is 31.1 Å². The van der Waals surface area contributed by atoms with E-state index >= 15 is 0 Å². The van der Waals surface area contributed by atoms with Gasteiger partial charge in [0.1, 0.15) is 5.75 Å². The second kappa shape index (κ2) is 10.4. The Kier molecular flexibility index (Phi) is 7.92. The summed E-state index contributed by atoms with van der Waals surface area (Å²) in [6.07, 6.45) is -0.135. The van der Waals surface area contributed by atoms with E-state index in [1.807, 2.05) is 37.3 Å². The van der Waals surface area contributed by atoms with Crippen LogP contribution in [0.5, 0.6) is 5.75 Å². The van der Waals surface area contributed by atoms with Crippen LogP contribution >= 0.6 is 0 Å². The van der Waals surface area contributed by atoms with E-state index in [-0.39, 0.29) is 17.2 Å². The molecule has 2 atom stereocenters. The summed E-state index contributed by atoms with van der Waals surface area (Å²) in [4.78, 5) is 24.4. The molecular formula is C21H23F2NO4. The molecule has 1 amide bonds. The fourth-order valence-corrected chi connectivity index (χ4v) is 2.65. The van der Waals surface area contributed by atoms with Crippen molar-refractivity contribution in [3.63, 3.8) is 0 Å². The highest BCUT2D eigenvalue weighted by Crippen LogP contribution is 2.18. The summed E-state index contributed by atoms with van der Waals surface area (Å²) in [5, 5.41) is 2.80. The zero-order valence-electron chi connectivity index (χ0n) is 15.7. The summed E-state index contributed by atoms with van der Waals surface area (Å²) in [5.74, 6) is -1.03. The Labute approximate surface area is 162 Å². The SMILES string of the molecule is CC[C@@H](CNC(=O)[C@@H](C)OC(=O)c1ccc(OC(F)F)cc1)c1ccccc1. The van der Waals surface area contributed by atoms with Gasteiger partial charge in [0.05, 0.1) is 5.56 Å². The van der Waals surface area contributed by atoms with Gasteiger partial charge in [-0.2, -0.15) is 8.78 Å². The van der Waals surface area contributed by atoms with Gasteiger partial charge in [0.25, 0.3) is 5.91 Å². The molecule has 0 aliphatic carbocycles. The lowest BCUT2D eigenvalue weighted by Gasteiger charge is -2.18. The molecule has 7 heteroatoms. The Morgan fingerprint density at radius 1 is 1.04 bits per heavy atom. The van der Waals surface area contributed by atoms with Gasteiger partial charge in [-0.1, -0.05) is 37.3 Å². The van der Waals surface area contributed by atoms with Crippen LogP contribution in [0.2, 0.25) is 0 Å². The van der Waals surface area contributed by atoms with E-state index in [1.54, 1.807) is 0 Å². The maximum Gasteiger partial charge on any atom is 0.387 e. The summed E-state index contributed by atoms with van der Waals surface area (Å²) >= 11 is 0. The number of benzene rings is 2. The van der Waals surface area contributed by atoms with Crippen molar-refractivity contribution >= 4 is 11.9 Å². The van der Waals surface area contributed by atoms with Crippen LogP contribution in [0.1, 0.15) is 42.1 Å². The molecule has 0 radical (unpaired) electrons. The van der Waals surface area contributed by atoms with Crippen LogP contribution in [0, 0.1) is 0 Å². The van der Waals surface area contributed by atoms with Crippen molar-refractivity contribution in [2.45, 2.75) is 38.9 Å². The molecule has 28 heavy (non-hydrogen) atoms. The molecule has 0 unspecified atom stereocenters. The van der Waals surface area contributed by atoms with Gasteiger partial charge in [0.15, 0.2) is 6.10 Å². The Hall–Kier alpha value is -2.96. The topological polar surface area (TPSA) is 64.6 Å². The lowest BCUT2D eigenvalue weighted by molar-refractivity contribution is -0.129. The maximum absolute atomic E-state index is 12.2. The van der Waals surface area contributed by atoms with Crippen LogP contribution in [0.4, 0.5) is 8.78 Å². The van der Waals surface area contributed by atoms with Crippen molar-refractivity contribution in [2.24, 2.45) is 0 Å². The third kappa shape index (κ3) is 6.33. The molecule has 0 aliphatic rings. The van der Waals surface area contributed by atoms with Crippen molar-refractivity contribution in [3.8, 4) is 5.75 Å². The third-order valence-electron chi connectivity index (χ3n) is 4.25. The highest BCUT2D eigenvalue weighted by atomic mass is 19.3. The zero-order valence-corrected chi connectivity index (χ0v) is 15.7. The monoisotopic (exact) mass is 391 g/mol. The Balaban J connectivity index is 1.86. The third-order valence-corrected chi connectivity index (χ3v) is 4.25. The van der Waals surface area contributed by atoms with Crippen LogP contribution in [-0.2, 0) is 9.53 Å². The number of halogens is 2. The summed E-state index contributed by atoms with van der Waals surface area (Å²) in [7, 11) is 0. The van der Waals surface area contributed by atoms with Crippen LogP contribution < -0.4 is 10.1 Å². The average Bonchev–Trinajstić information content (AvgIpc) is 2.69. The summed E-state index contributed by atoms with van der Waals surface area (Å²) in [6, 6.07) is 14.9. The van der Waals surface area contributed by atoms with E-state index in [0.717, 1.165) is 12.0 Å². The number of carbonyl (C=O) groups excluding carboxylic acids is 2. The molecule has 150 valence electrons. The minimum Gasteiger partial charge on any atom is -0.449 e. The molecule has 0 aromatic heterocycles. The first kappa shape index (κ1) is 21.3. The number of carbonyl (C=O) groups is 2. The Morgan fingerprint density at radius 2 is 1.68 bits per heavy atom. The summed E-state index contributed by atoms with van der Waals surface area (Å²) < 4.78 is 33.7. The van der Waals surface area contributed by atoms with Crippen molar-refractivity contribution in [2.75, 3.05) is 6.54 Å². The molecule has 0 saturated heterocycles. The molecule has 0 fully saturated rings. The molecule has 0 saturated carbocycles. The van der Waals surface area contributed by atoms with E-state index in [9.17, 15) is 18.4 Å². The van der Waals surface area contributed by atoms with Crippen LogP contribution in [0.3, 0.4) is 0 Å². The normalized spacial score (nSPS) is 12.9. The number of ether oxygens (including phenoxy) is 2. The fourth-order valence-electron chi connectivity index (χ4n) is 2.65. The van der Waals surface area contributed by atoms with E-state index in [2.05, 4.69) is 10.1 Å². The smallest absolute Gasteiger partial charge is 0.387 e. The predicted octanol–water partition coefficient (Wildman–Crippen LogP) is 4.14. The molecule has 0 heterocycles. The number of amides is 1. The number of alkyl halides is 2. The number of hydrogen-bond acceptors (Lipinski definition) is 4. The van der Waals surface area contributed by atoms with Gasteiger partial charge in [-0.15, -0.1) is 0 Å². The minimum atomic E-state index is -2.94. The number of esters is 1. The van der Waals surface area contributed by atoms with Gasteiger partial charge < -0.3 is 14.8 Å². The van der Waals surface area contributed by atoms with E-state index in [1.165, 1.54) is 31.2 Å². The van der Waals surface area contributed by atoms with Gasteiger partial charge in [-0.25, -0.2) is 4.79 Å². The van der Waals surface area contributed by atoms with Crippen molar-refractivity contribution < 1.29 is 27.8 Å². The minimum absolute atomic E-state index is 0.0659. The molecule has 1 N–H and O–H groups in total. The number of nitrogens with one attached hydrogen (secondary N) is 1. The van der Waals surface area contributed by atoms with Crippen LogP contribution in [0.25, 0.3) is 0 Å². The highest BCUT2D eigenvalue weighted by molar-refractivity contribution is 5.92. The summed E-state index contributed by atoms with van der Waals surface area (Å²) in [6.45, 7) is 1.00. The van der Waals surface area contributed by atoms with Gasteiger partial charge in [-0.05, 0) is 43.2 Å². The average molecular weight is 391 g/mol. The molecule has 2 rings (SSSR count). The number of rotatable bonds is 9. The highest BCUT2D eigenvalue weighted by Gasteiger charge is 2.20. The molecule has 2 aromatic rings. The lowest BCUT2D eigenvalue weighted by Crippen LogP contribution is -2.38. The molecule has 0 bridgehead atoms. The first-order valence-corrected chi connectivity index (χ1v) is 8.99. The van der Waals surface area contributed by atoms with Gasteiger partial charge >= 0.3 is 12.6 Å². The summed E-state index contributed by atoms with van der Waals surface area (Å²) in [5.41, 5.74) is 1.26. The Morgan fingerprint density at radius 3 is 2.25 bits per heavy atom. The largest absolute Gasteiger partial charge is 0.449 e. The quantitative estimate of drug-likeness (QED) is 0.653. The second-order valence-electron chi connectivity index (χ2n) is 6.21. The fraction of sp³-hybridized carbons (Fsp3) is 0.333. The zero-order chi connectivity index (χ0) is 20.5. The first-order valence-electron chi connectivity index (χ1n) is 8.99. The second-order valence-corrected chi connectivity index (χ2v) is 6.21. The predicted molar refractivity (Wildman–Crippen MR) is 100 cm³/mol. The van der Waals surface area contributed by atoms with E-state index < -0.39 is 24.6 Å². The molecule has 2 aromatic carbocycles. The molecule has 5 nitrogen and oxygen atoms in total. The van der Waals surface area contributed by atoms with Gasteiger partial charge in [0, 0.05) is 12.5 Å². The van der Waals surface area contributed by atoms with Crippen molar-refractivity contribution in [3.05, 3.63) is 65.7 Å². The maximum atomic E-state index is 12.2. The van der Waals surface area contributed by atoms with E-state index in [0.29, 0.717) is 6.54 Å².